The molecule has 1 heterocycles. The van der Waals surface area contributed by atoms with Crippen LogP contribution in [0, 0.1) is 16.0 Å². The number of aliphatic hydroxyl groups excluding tert-OH is 1. The van der Waals surface area contributed by atoms with Gasteiger partial charge in [0.2, 0.25) is 0 Å². The highest BCUT2D eigenvalue weighted by Crippen LogP contribution is 2.23. The standard InChI is InChI=1S/C10H15N3O3/c1-7(2)9(6-14)12-8-3-4-11-5-10(8)13(15)16/h3-5,7,9,14H,6H2,1-2H3,(H,11,12). The average Bonchev–Trinajstić information content (AvgIpc) is 2.25. The van der Waals surface area contributed by atoms with Crippen molar-refractivity contribution in [3.8, 4) is 0 Å². The van der Waals surface area contributed by atoms with E-state index in [1.165, 1.54) is 18.5 Å². The van der Waals surface area contributed by atoms with Gasteiger partial charge in [-0.25, -0.2) is 0 Å². The van der Waals surface area contributed by atoms with Crippen LogP contribution in [0.4, 0.5) is 11.4 Å². The molecule has 0 aliphatic heterocycles. The van der Waals surface area contributed by atoms with Crippen LogP contribution in [0.15, 0.2) is 18.5 Å². The molecule has 0 saturated carbocycles. The van der Waals surface area contributed by atoms with Crippen molar-refractivity contribution in [1.82, 2.24) is 4.98 Å². The second kappa shape index (κ2) is 5.41. The number of nitro groups is 1. The number of aliphatic hydroxyl groups is 1. The molecule has 1 unspecified atom stereocenters. The Morgan fingerprint density at radius 3 is 2.81 bits per heavy atom. The van der Waals surface area contributed by atoms with Crippen LogP contribution < -0.4 is 5.32 Å². The van der Waals surface area contributed by atoms with Crippen LogP contribution in [0.1, 0.15) is 13.8 Å². The second-order valence-corrected chi connectivity index (χ2v) is 3.83. The first-order valence-electron chi connectivity index (χ1n) is 5.02. The van der Waals surface area contributed by atoms with Crippen molar-refractivity contribution in [1.29, 1.82) is 0 Å². The molecule has 6 heteroatoms. The summed E-state index contributed by atoms with van der Waals surface area (Å²) in [4.78, 5) is 13.9. The maximum absolute atomic E-state index is 10.7. The molecular formula is C10H15N3O3. The van der Waals surface area contributed by atoms with Gasteiger partial charge in [0.1, 0.15) is 11.9 Å². The lowest BCUT2D eigenvalue weighted by Gasteiger charge is -2.20. The van der Waals surface area contributed by atoms with Crippen LogP contribution in [0.2, 0.25) is 0 Å². The van der Waals surface area contributed by atoms with Crippen molar-refractivity contribution in [2.75, 3.05) is 11.9 Å². The molecule has 2 N–H and O–H groups in total. The lowest BCUT2D eigenvalue weighted by Crippen LogP contribution is -2.29. The number of pyridine rings is 1. The lowest BCUT2D eigenvalue weighted by molar-refractivity contribution is -0.384. The molecule has 6 nitrogen and oxygen atoms in total. The van der Waals surface area contributed by atoms with Gasteiger partial charge < -0.3 is 10.4 Å². The van der Waals surface area contributed by atoms with Gasteiger partial charge >= 0.3 is 5.69 Å². The number of anilines is 1. The SMILES string of the molecule is CC(C)C(CO)Nc1ccncc1[N+](=O)[O-]. The average molecular weight is 225 g/mol. The summed E-state index contributed by atoms with van der Waals surface area (Å²) in [6.45, 7) is 3.79. The summed E-state index contributed by atoms with van der Waals surface area (Å²) >= 11 is 0. The highest BCUT2D eigenvalue weighted by Gasteiger charge is 2.18. The smallest absolute Gasteiger partial charge is 0.310 e. The molecule has 0 radical (unpaired) electrons. The molecule has 1 aromatic heterocycles. The Kier molecular flexibility index (Phi) is 4.19. The number of nitrogens with one attached hydrogen (secondary N) is 1. The van der Waals surface area contributed by atoms with Gasteiger partial charge in [-0.15, -0.1) is 0 Å². The maximum Gasteiger partial charge on any atom is 0.310 e. The number of hydrogen-bond acceptors (Lipinski definition) is 5. The molecule has 0 aliphatic carbocycles. The van der Waals surface area contributed by atoms with E-state index in [2.05, 4.69) is 10.3 Å². The summed E-state index contributed by atoms with van der Waals surface area (Å²) in [6, 6.07) is 1.32. The monoisotopic (exact) mass is 225 g/mol. The minimum atomic E-state index is -0.496. The Bertz CT molecular complexity index is 368. The second-order valence-electron chi connectivity index (χ2n) is 3.83. The summed E-state index contributed by atoms with van der Waals surface area (Å²) in [5.74, 6) is 0.178. The molecule has 0 aromatic carbocycles. The van der Waals surface area contributed by atoms with Crippen molar-refractivity contribution in [2.24, 2.45) is 5.92 Å². The first kappa shape index (κ1) is 12.4. The predicted molar refractivity (Wildman–Crippen MR) is 60.2 cm³/mol. The van der Waals surface area contributed by atoms with Gasteiger partial charge in [0.05, 0.1) is 17.6 Å². The molecule has 0 aliphatic rings. The van der Waals surface area contributed by atoms with Crippen molar-refractivity contribution in [3.05, 3.63) is 28.6 Å². The first-order valence-corrected chi connectivity index (χ1v) is 5.02. The molecule has 0 saturated heterocycles. The topological polar surface area (TPSA) is 88.3 Å². The number of nitrogens with zero attached hydrogens (tertiary/aromatic N) is 2. The van der Waals surface area contributed by atoms with Gasteiger partial charge in [-0.05, 0) is 12.0 Å². The van der Waals surface area contributed by atoms with E-state index < -0.39 is 4.92 Å². The van der Waals surface area contributed by atoms with Crippen molar-refractivity contribution >= 4 is 11.4 Å². The van der Waals surface area contributed by atoms with Crippen LogP contribution >= 0.6 is 0 Å². The van der Waals surface area contributed by atoms with Gasteiger partial charge in [0.15, 0.2) is 0 Å². The Morgan fingerprint density at radius 1 is 1.62 bits per heavy atom. The normalized spacial score (nSPS) is 12.5. The molecule has 0 fully saturated rings. The van der Waals surface area contributed by atoms with Crippen LogP contribution in [0.25, 0.3) is 0 Å². The van der Waals surface area contributed by atoms with Crippen molar-refractivity contribution < 1.29 is 10.0 Å². The minimum absolute atomic E-state index is 0.0723. The van der Waals surface area contributed by atoms with Crippen molar-refractivity contribution in [2.45, 2.75) is 19.9 Å². The Morgan fingerprint density at radius 2 is 2.31 bits per heavy atom. The number of rotatable bonds is 5. The minimum Gasteiger partial charge on any atom is -0.394 e. The van der Waals surface area contributed by atoms with E-state index in [4.69, 9.17) is 5.11 Å². The third kappa shape index (κ3) is 2.90. The zero-order chi connectivity index (χ0) is 12.1. The van der Waals surface area contributed by atoms with Crippen molar-refractivity contribution in [3.63, 3.8) is 0 Å². The summed E-state index contributed by atoms with van der Waals surface area (Å²) in [5.41, 5.74) is 0.300. The van der Waals surface area contributed by atoms with Gasteiger partial charge in [0, 0.05) is 6.20 Å². The number of hydrogen-bond donors (Lipinski definition) is 2. The van der Waals surface area contributed by atoms with E-state index in [0.29, 0.717) is 5.69 Å². The largest absolute Gasteiger partial charge is 0.394 e. The fourth-order valence-electron chi connectivity index (χ4n) is 1.28. The highest BCUT2D eigenvalue weighted by atomic mass is 16.6. The Hall–Kier alpha value is -1.69. The molecule has 1 atom stereocenters. The molecule has 16 heavy (non-hydrogen) atoms. The molecule has 0 spiro atoms. The molecule has 0 amide bonds. The molecular weight excluding hydrogens is 210 g/mol. The lowest BCUT2D eigenvalue weighted by atomic mass is 10.1. The fraction of sp³-hybridized carbons (Fsp3) is 0.500. The van der Waals surface area contributed by atoms with E-state index in [1.54, 1.807) is 0 Å². The Balaban J connectivity index is 2.91. The van der Waals surface area contributed by atoms with Crippen LogP contribution in [-0.2, 0) is 0 Å². The molecule has 1 aromatic rings. The van der Waals surface area contributed by atoms with Crippen LogP contribution in [0.3, 0.4) is 0 Å². The summed E-state index contributed by atoms with van der Waals surface area (Å²) in [7, 11) is 0. The molecule has 1 rings (SSSR count). The fourth-order valence-corrected chi connectivity index (χ4v) is 1.28. The first-order chi connectivity index (χ1) is 7.56. The van der Waals surface area contributed by atoms with E-state index in [0.717, 1.165) is 0 Å². The van der Waals surface area contributed by atoms with Gasteiger partial charge in [-0.2, -0.15) is 0 Å². The summed E-state index contributed by atoms with van der Waals surface area (Å²) in [5, 5.41) is 22.8. The van der Waals surface area contributed by atoms with Gasteiger partial charge in [-0.1, -0.05) is 13.8 Å². The van der Waals surface area contributed by atoms with E-state index >= 15 is 0 Å². The maximum atomic E-state index is 10.7. The zero-order valence-electron chi connectivity index (χ0n) is 9.25. The van der Waals surface area contributed by atoms with Gasteiger partial charge in [-0.3, -0.25) is 15.1 Å². The third-order valence-corrected chi connectivity index (χ3v) is 2.34. The van der Waals surface area contributed by atoms with E-state index in [9.17, 15) is 10.1 Å². The van der Waals surface area contributed by atoms with E-state index in [-0.39, 0.29) is 24.3 Å². The zero-order valence-corrected chi connectivity index (χ0v) is 9.25. The van der Waals surface area contributed by atoms with Crippen LogP contribution in [0.5, 0.6) is 0 Å². The van der Waals surface area contributed by atoms with E-state index in [1.807, 2.05) is 13.8 Å². The summed E-state index contributed by atoms with van der Waals surface area (Å²) < 4.78 is 0. The Labute approximate surface area is 93.5 Å². The summed E-state index contributed by atoms with van der Waals surface area (Å²) in [6.07, 6.45) is 2.67. The molecule has 0 bridgehead atoms. The van der Waals surface area contributed by atoms with Gasteiger partial charge in [0.25, 0.3) is 0 Å². The van der Waals surface area contributed by atoms with Crippen LogP contribution in [-0.4, -0.2) is 27.7 Å². The predicted octanol–water partition coefficient (Wildman–Crippen LogP) is 1.42. The number of aromatic nitrogens is 1. The highest BCUT2D eigenvalue weighted by molar-refractivity contribution is 5.60. The molecule has 88 valence electrons. The quantitative estimate of drug-likeness (QED) is 0.584. The third-order valence-electron chi connectivity index (χ3n) is 2.34.